The van der Waals surface area contributed by atoms with E-state index in [9.17, 15) is 17.4 Å². The van der Waals surface area contributed by atoms with Gasteiger partial charge in [0.15, 0.2) is 10.8 Å². The van der Waals surface area contributed by atoms with Gasteiger partial charge in [-0.3, -0.25) is 4.40 Å². The highest BCUT2D eigenvalue weighted by Gasteiger charge is 2.39. The zero-order chi connectivity index (χ0) is 15.3. The molecule has 0 spiro atoms. The Labute approximate surface area is 129 Å². The van der Waals surface area contributed by atoms with Crippen LogP contribution in [0.2, 0.25) is 0 Å². The molecule has 0 aliphatic carbocycles. The standard InChI is InChI=1S/C11H11F3IN3OS/c1-10(2,3)8-9(15)18-5-16-7(4-6(18)17-8)20(19)11(12,13)14/h4-5H,1-3H3. The van der Waals surface area contributed by atoms with Gasteiger partial charge in [-0.1, -0.05) is 20.8 Å². The molecular weight excluding hydrogens is 406 g/mol. The predicted molar refractivity (Wildman–Crippen MR) is 76.9 cm³/mol. The highest BCUT2D eigenvalue weighted by molar-refractivity contribution is 14.1. The van der Waals surface area contributed by atoms with E-state index in [2.05, 4.69) is 32.6 Å². The molecule has 20 heavy (non-hydrogen) atoms. The quantitative estimate of drug-likeness (QED) is 0.529. The highest BCUT2D eigenvalue weighted by atomic mass is 127. The highest BCUT2D eigenvalue weighted by Crippen LogP contribution is 2.29. The van der Waals surface area contributed by atoms with E-state index < -0.39 is 21.3 Å². The van der Waals surface area contributed by atoms with Gasteiger partial charge in [0.05, 0.1) is 5.69 Å². The number of hydrogen-bond donors (Lipinski definition) is 0. The first-order chi connectivity index (χ1) is 9.01. The number of fused-ring (bicyclic) bond motifs is 1. The largest absolute Gasteiger partial charge is 0.477 e. The second-order valence-corrected chi connectivity index (χ2v) is 7.61. The van der Waals surface area contributed by atoms with Crippen molar-refractivity contribution in [2.45, 2.75) is 36.7 Å². The van der Waals surface area contributed by atoms with Crippen molar-refractivity contribution in [1.29, 1.82) is 0 Å². The van der Waals surface area contributed by atoms with Crippen LogP contribution in [-0.2, 0) is 16.2 Å². The molecule has 2 aromatic heterocycles. The lowest BCUT2D eigenvalue weighted by Gasteiger charge is -2.15. The summed E-state index contributed by atoms with van der Waals surface area (Å²) in [5, 5.41) is -0.535. The Morgan fingerprint density at radius 3 is 2.40 bits per heavy atom. The summed E-state index contributed by atoms with van der Waals surface area (Å²) in [7, 11) is -3.14. The minimum atomic E-state index is -4.82. The number of rotatable bonds is 1. The number of imidazole rings is 1. The third kappa shape index (κ3) is 2.83. The first-order valence-electron chi connectivity index (χ1n) is 5.54. The fraction of sp³-hybridized carbons (Fsp3) is 0.455. The van der Waals surface area contributed by atoms with Gasteiger partial charge in [-0.2, -0.15) is 13.2 Å². The molecule has 110 valence electrons. The summed E-state index contributed by atoms with van der Waals surface area (Å²) in [5.41, 5.74) is -4.00. The van der Waals surface area contributed by atoms with Crippen molar-refractivity contribution in [2.24, 2.45) is 0 Å². The minimum absolute atomic E-state index is 0.244. The topological polar surface area (TPSA) is 47.3 Å². The van der Waals surface area contributed by atoms with Gasteiger partial charge in [-0.25, -0.2) is 14.2 Å². The van der Waals surface area contributed by atoms with Crippen LogP contribution in [0.3, 0.4) is 0 Å². The van der Waals surface area contributed by atoms with E-state index in [0.29, 0.717) is 5.65 Å². The second kappa shape index (κ2) is 4.93. The van der Waals surface area contributed by atoms with E-state index in [1.807, 2.05) is 20.8 Å². The summed E-state index contributed by atoms with van der Waals surface area (Å²) in [6.45, 7) is 5.87. The number of hydrogen-bond acceptors (Lipinski definition) is 3. The Bertz CT molecular complexity index is 691. The molecule has 0 saturated carbocycles. The molecule has 0 fully saturated rings. The molecule has 2 rings (SSSR count). The SMILES string of the molecule is CC(C)(C)c1nc2cc(S(=O)C(F)(F)F)ncn2c1I. The average Bonchev–Trinajstić information content (AvgIpc) is 2.64. The Morgan fingerprint density at radius 2 is 1.90 bits per heavy atom. The van der Waals surface area contributed by atoms with Gasteiger partial charge in [0.25, 0.3) is 0 Å². The van der Waals surface area contributed by atoms with Gasteiger partial charge in [0.1, 0.15) is 20.7 Å². The van der Waals surface area contributed by atoms with Crippen molar-refractivity contribution < 1.29 is 17.4 Å². The monoisotopic (exact) mass is 417 g/mol. The van der Waals surface area contributed by atoms with Crippen LogP contribution >= 0.6 is 22.6 Å². The third-order valence-electron chi connectivity index (χ3n) is 2.54. The van der Waals surface area contributed by atoms with E-state index in [1.54, 1.807) is 4.40 Å². The van der Waals surface area contributed by atoms with Gasteiger partial charge in [0.2, 0.25) is 0 Å². The van der Waals surface area contributed by atoms with Crippen molar-refractivity contribution in [1.82, 2.24) is 14.4 Å². The lowest BCUT2D eigenvalue weighted by atomic mass is 9.93. The van der Waals surface area contributed by atoms with E-state index in [1.165, 1.54) is 6.33 Å². The molecule has 9 heteroatoms. The Balaban J connectivity index is 2.59. The van der Waals surface area contributed by atoms with Gasteiger partial charge < -0.3 is 0 Å². The smallest absolute Gasteiger partial charge is 0.277 e. The van der Waals surface area contributed by atoms with Crippen molar-refractivity contribution in [3.63, 3.8) is 0 Å². The molecular formula is C11H11F3IN3OS. The summed E-state index contributed by atoms with van der Waals surface area (Å²) in [6.07, 6.45) is 1.22. The second-order valence-electron chi connectivity index (χ2n) is 5.17. The predicted octanol–water partition coefficient (Wildman–Crippen LogP) is 3.26. The van der Waals surface area contributed by atoms with Crippen LogP contribution < -0.4 is 0 Å². The van der Waals surface area contributed by atoms with Crippen LogP contribution in [-0.4, -0.2) is 24.1 Å². The fourth-order valence-corrected chi connectivity index (χ4v) is 3.49. The molecule has 0 aliphatic rings. The summed E-state index contributed by atoms with van der Waals surface area (Å²) < 4.78 is 51.0. The van der Waals surface area contributed by atoms with Crippen LogP contribution in [0.1, 0.15) is 26.5 Å². The third-order valence-corrected chi connectivity index (χ3v) is 4.60. The number of alkyl halides is 3. The maximum absolute atomic E-state index is 12.4. The van der Waals surface area contributed by atoms with Gasteiger partial charge in [-0.15, -0.1) is 0 Å². The summed E-state index contributed by atoms with van der Waals surface area (Å²) in [5.74, 6) is 0. The summed E-state index contributed by atoms with van der Waals surface area (Å²) in [4.78, 5) is 7.95. The molecule has 1 unspecified atom stereocenters. The molecule has 2 heterocycles. The average molecular weight is 417 g/mol. The van der Waals surface area contributed by atoms with E-state index >= 15 is 0 Å². The molecule has 0 amide bonds. The lowest BCUT2D eigenvalue weighted by molar-refractivity contribution is -0.0386. The maximum atomic E-state index is 12.4. The van der Waals surface area contributed by atoms with Crippen molar-refractivity contribution in [2.75, 3.05) is 0 Å². The molecule has 0 saturated heterocycles. The van der Waals surface area contributed by atoms with Crippen LogP contribution in [0.4, 0.5) is 13.2 Å². The first-order valence-corrected chi connectivity index (χ1v) is 7.77. The number of halogens is 4. The van der Waals surface area contributed by atoms with E-state index in [0.717, 1.165) is 15.5 Å². The molecule has 0 aliphatic heterocycles. The van der Waals surface area contributed by atoms with Gasteiger partial charge in [0, 0.05) is 11.5 Å². The Kier molecular flexibility index (Phi) is 3.87. The van der Waals surface area contributed by atoms with Gasteiger partial charge >= 0.3 is 5.51 Å². The summed E-state index contributed by atoms with van der Waals surface area (Å²) >= 11 is 2.07. The van der Waals surface area contributed by atoms with E-state index in [-0.39, 0.29) is 5.41 Å². The Hall–Kier alpha value is -0.710. The van der Waals surface area contributed by atoms with Crippen molar-refractivity contribution in [3.05, 3.63) is 21.8 Å². The van der Waals surface area contributed by atoms with Crippen LogP contribution in [0.15, 0.2) is 17.4 Å². The normalized spacial score (nSPS) is 14.8. The number of aromatic nitrogens is 3. The fourth-order valence-electron chi connectivity index (χ4n) is 1.60. The molecule has 0 aromatic carbocycles. The van der Waals surface area contributed by atoms with Crippen molar-refractivity contribution in [3.8, 4) is 0 Å². The van der Waals surface area contributed by atoms with Crippen LogP contribution in [0, 0.1) is 3.70 Å². The molecule has 2 aromatic rings. The maximum Gasteiger partial charge on any atom is 0.477 e. The van der Waals surface area contributed by atoms with Crippen molar-refractivity contribution >= 4 is 39.0 Å². The molecule has 0 N–H and O–H groups in total. The molecule has 0 bridgehead atoms. The Morgan fingerprint density at radius 1 is 1.30 bits per heavy atom. The van der Waals surface area contributed by atoms with E-state index in [4.69, 9.17) is 0 Å². The summed E-state index contributed by atoms with van der Waals surface area (Å²) in [6, 6.07) is 1.11. The lowest BCUT2D eigenvalue weighted by Crippen LogP contribution is -2.17. The molecule has 1 atom stereocenters. The molecule has 0 radical (unpaired) electrons. The van der Waals surface area contributed by atoms with Crippen LogP contribution in [0.5, 0.6) is 0 Å². The zero-order valence-corrected chi connectivity index (χ0v) is 13.8. The zero-order valence-electron chi connectivity index (χ0n) is 10.8. The number of nitrogens with zero attached hydrogens (tertiary/aromatic N) is 3. The minimum Gasteiger partial charge on any atom is -0.277 e. The van der Waals surface area contributed by atoms with Crippen LogP contribution in [0.25, 0.3) is 5.65 Å². The first kappa shape index (κ1) is 15.7. The molecule has 4 nitrogen and oxygen atoms in total. The van der Waals surface area contributed by atoms with Gasteiger partial charge in [-0.05, 0) is 22.6 Å².